The largest absolute Gasteiger partial charge is 0.478 e. The third-order valence-electron chi connectivity index (χ3n) is 2.65. The van der Waals surface area contributed by atoms with E-state index in [1.54, 1.807) is 0 Å². The maximum Gasteiger partial charge on any atom is 0.337 e. The summed E-state index contributed by atoms with van der Waals surface area (Å²) in [6.45, 7) is 0. The van der Waals surface area contributed by atoms with Gasteiger partial charge in [0.2, 0.25) is 0 Å². The number of aromatic carboxylic acids is 1. The minimum Gasteiger partial charge on any atom is -0.478 e. The van der Waals surface area contributed by atoms with Crippen molar-refractivity contribution in [3.63, 3.8) is 0 Å². The van der Waals surface area contributed by atoms with Crippen LogP contribution in [0.2, 0.25) is 5.02 Å². The van der Waals surface area contributed by atoms with Gasteiger partial charge in [-0.1, -0.05) is 11.6 Å². The van der Waals surface area contributed by atoms with Crippen molar-refractivity contribution in [1.82, 2.24) is 9.78 Å². The van der Waals surface area contributed by atoms with Gasteiger partial charge in [0.1, 0.15) is 5.69 Å². The maximum atomic E-state index is 12.0. The fourth-order valence-electron chi connectivity index (χ4n) is 1.59. The second kappa shape index (κ2) is 5.76. The van der Waals surface area contributed by atoms with Gasteiger partial charge in [-0.15, -0.1) is 0 Å². The molecule has 7 nitrogen and oxygen atoms in total. The Kier molecular flexibility index (Phi) is 4.04. The van der Waals surface area contributed by atoms with Crippen LogP contribution < -0.4 is 10.9 Å². The van der Waals surface area contributed by atoms with Crippen molar-refractivity contribution >= 4 is 29.2 Å². The Hall–Kier alpha value is -2.67. The van der Waals surface area contributed by atoms with E-state index in [1.807, 2.05) is 0 Å². The molecule has 0 saturated carbocycles. The summed E-state index contributed by atoms with van der Waals surface area (Å²) in [5, 5.41) is 15.3. The molecule has 2 aromatic rings. The highest BCUT2D eigenvalue weighted by atomic mass is 35.5. The third kappa shape index (κ3) is 3.26. The summed E-state index contributed by atoms with van der Waals surface area (Å²) < 4.78 is 1.03. The van der Waals surface area contributed by atoms with Gasteiger partial charge in [0.15, 0.2) is 0 Å². The van der Waals surface area contributed by atoms with Gasteiger partial charge in [-0.25, -0.2) is 9.48 Å². The number of benzene rings is 1. The minimum absolute atomic E-state index is 0.0314. The van der Waals surface area contributed by atoms with E-state index < -0.39 is 11.9 Å². The maximum absolute atomic E-state index is 12.0. The summed E-state index contributed by atoms with van der Waals surface area (Å²) in [4.78, 5) is 34.1. The lowest BCUT2D eigenvalue weighted by molar-refractivity contribution is 0.0696. The van der Waals surface area contributed by atoms with Crippen LogP contribution in [0.25, 0.3) is 0 Å². The van der Waals surface area contributed by atoms with Crippen LogP contribution in [0.5, 0.6) is 0 Å². The van der Waals surface area contributed by atoms with E-state index in [9.17, 15) is 14.4 Å². The SMILES string of the molecule is Cn1nc(C(=O)Nc2ccc(Cl)c(C(=O)O)c2)ccc1=O. The molecule has 0 radical (unpaired) electrons. The molecule has 1 heterocycles. The van der Waals surface area contributed by atoms with Crippen LogP contribution in [0.15, 0.2) is 35.1 Å². The second-order valence-electron chi connectivity index (χ2n) is 4.13. The summed E-state index contributed by atoms with van der Waals surface area (Å²) in [7, 11) is 1.42. The highest BCUT2D eigenvalue weighted by Gasteiger charge is 2.13. The Morgan fingerprint density at radius 3 is 2.62 bits per heavy atom. The number of amides is 1. The van der Waals surface area contributed by atoms with Gasteiger partial charge in [0.25, 0.3) is 11.5 Å². The highest BCUT2D eigenvalue weighted by molar-refractivity contribution is 6.33. The van der Waals surface area contributed by atoms with Crippen LogP contribution in [-0.4, -0.2) is 26.8 Å². The molecular weight excluding hydrogens is 298 g/mol. The predicted molar refractivity (Wildman–Crippen MR) is 75.8 cm³/mol. The number of hydrogen-bond donors (Lipinski definition) is 2. The predicted octanol–water partition coefficient (Wildman–Crippen LogP) is 1.38. The van der Waals surface area contributed by atoms with Crippen molar-refractivity contribution in [2.45, 2.75) is 0 Å². The smallest absolute Gasteiger partial charge is 0.337 e. The van der Waals surface area contributed by atoms with E-state index in [2.05, 4.69) is 10.4 Å². The number of nitrogens with one attached hydrogen (secondary N) is 1. The van der Waals surface area contributed by atoms with Crippen LogP contribution in [0.1, 0.15) is 20.8 Å². The van der Waals surface area contributed by atoms with Gasteiger partial charge in [-0.3, -0.25) is 9.59 Å². The lowest BCUT2D eigenvalue weighted by atomic mass is 10.2. The van der Waals surface area contributed by atoms with Gasteiger partial charge in [-0.2, -0.15) is 5.10 Å². The number of halogens is 1. The number of anilines is 1. The monoisotopic (exact) mass is 307 g/mol. The molecule has 2 N–H and O–H groups in total. The Labute approximate surface area is 123 Å². The fourth-order valence-corrected chi connectivity index (χ4v) is 1.78. The summed E-state index contributed by atoms with van der Waals surface area (Å²) in [6, 6.07) is 6.58. The lowest BCUT2D eigenvalue weighted by Gasteiger charge is -2.07. The zero-order valence-corrected chi connectivity index (χ0v) is 11.6. The van der Waals surface area contributed by atoms with Crippen molar-refractivity contribution in [3.8, 4) is 0 Å². The summed E-state index contributed by atoms with van der Waals surface area (Å²) in [5.74, 6) is -1.76. The average Bonchev–Trinajstić information content (AvgIpc) is 2.43. The first-order valence-corrected chi connectivity index (χ1v) is 6.15. The average molecular weight is 308 g/mol. The quantitative estimate of drug-likeness (QED) is 0.892. The molecule has 0 fully saturated rings. The Balaban J connectivity index is 2.27. The van der Waals surface area contributed by atoms with Gasteiger partial charge in [-0.05, 0) is 24.3 Å². The van der Waals surface area contributed by atoms with Crippen molar-refractivity contribution in [2.24, 2.45) is 7.05 Å². The number of carbonyl (C=O) groups is 2. The minimum atomic E-state index is -1.20. The molecular formula is C13H10ClN3O4. The fraction of sp³-hybridized carbons (Fsp3) is 0.0769. The molecule has 0 aliphatic heterocycles. The third-order valence-corrected chi connectivity index (χ3v) is 2.98. The number of carboxylic acids is 1. The van der Waals surface area contributed by atoms with E-state index in [0.29, 0.717) is 0 Å². The number of hydrogen-bond acceptors (Lipinski definition) is 4. The molecule has 21 heavy (non-hydrogen) atoms. The van der Waals surface area contributed by atoms with Crippen LogP contribution in [0.3, 0.4) is 0 Å². The highest BCUT2D eigenvalue weighted by Crippen LogP contribution is 2.20. The van der Waals surface area contributed by atoms with Gasteiger partial charge < -0.3 is 10.4 Å². The number of carboxylic acid groups (broad SMARTS) is 1. The molecule has 1 aromatic carbocycles. The number of carbonyl (C=O) groups excluding carboxylic acids is 1. The summed E-state index contributed by atoms with van der Waals surface area (Å²) >= 11 is 5.74. The molecule has 0 bridgehead atoms. The van der Waals surface area contributed by atoms with Crippen molar-refractivity contribution < 1.29 is 14.7 Å². The summed E-state index contributed by atoms with van der Waals surface area (Å²) in [5.41, 5.74) is -0.171. The molecule has 0 spiro atoms. The normalized spacial score (nSPS) is 10.2. The van der Waals surface area contributed by atoms with Crippen LogP contribution >= 0.6 is 11.6 Å². The van der Waals surface area contributed by atoms with E-state index in [4.69, 9.17) is 16.7 Å². The van der Waals surface area contributed by atoms with Crippen LogP contribution in [-0.2, 0) is 7.05 Å². The number of rotatable bonds is 3. The van der Waals surface area contributed by atoms with Crippen LogP contribution in [0.4, 0.5) is 5.69 Å². The van der Waals surface area contributed by atoms with Crippen molar-refractivity contribution in [2.75, 3.05) is 5.32 Å². The molecule has 0 atom stereocenters. The molecule has 1 aromatic heterocycles. The van der Waals surface area contributed by atoms with Crippen molar-refractivity contribution in [3.05, 3.63) is 57.0 Å². The molecule has 108 valence electrons. The molecule has 0 aliphatic carbocycles. The Morgan fingerprint density at radius 2 is 2.00 bits per heavy atom. The molecule has 8 heteroatoms. The zero-order chi connectivity index (χ0) is 15.6. The topological polar surface area (TPSA) is 101 Å². The number of nitrogens with zero attached hydrogens (tertiary/aromatic N) is 2. The number of aromatic nitrogens is 2. The standard InChI is InChI=1S/C13H10ClN3O4/c1-17-11(18)5-4-10(16-17)12(19)15-7-2-3-9(14)8(6-7)13(20)21/h2-6H,1H3,(H,15,19)(H,20,21). The first-order valence-electron chi connectivity index (χ1n) is 5.77. The molecule has 0 aliphatic rings. The molecule has 0 saturated heterocycles. The van der Waals surface area contributed by atoms with Crippen molar-refractivity contribution in [1.29, 1.82) is 0 Å². The zero-order valence-electron chi connectivity index (χ0n) is 10.8. The van der Waals surface area contributed by atoms with E-state index >= 15 is 0 Å². The Morgan fingerprint density at radius 1 is 1.29 bits per heavy atom. The molecule has 1 amide bonds. The van der Waals surface area contributed by atoms with E-state index in [1.165, 1.54) is 37.4 Å². The second-order valence-corrected chi connectivity index (χ2v) is 4.54. The first kappa shape index (κ1) is 14.7. The molecule has 2 rings (SSSR count). The lowest BCUT2D eigenvalue weighted by Crippen LogP contribution is -2.23. The van der Waals surface area contributed by atoms with Gasteiger partial charge >= 0.3 is 5.97 Å². The number of aryl methyl sites for hydroxylation is 1. The van der Waals surface area contributed by atoms with Gasteiger partial charge in [0.05, 0.1) is 10.6 Å². The van der Waals surface area contributed by atoms with Gasteiger partial charge in [0, 0.05) is 18.8 Å². The van der Waals surface area contributed by atoms with E-state index in [0.717, 1.165) is 4.68 Å². The first-order chi connectivity index (χ1) is 9.88. The molecule has 0 unspecified atom stereocenters. The van der Waals surface area contributed by atoms with E-state index in [-0.39, 0.29) is 27.5 Å². The summed E-state index contributed by atoms with van der Waals surface area (Å²) in [6.07, 6.45) is 0. The van der Waals surface area contributed by atoms with Crippen LogP contribution in [0, 0.1) is 0 Å². The Bertz CT molecular complexity index is 785.